The van der Waals surface area contributed by atoms with Gasteiger partial charge in [-0.05, 0) is 18.2 Å². The summed E-state index contributed by atoms with van der Waals surface area (Å²) >= 11 is 6.04. The molecule has 132 valence electrons. The molecule has 0 saturated heterocycles. The molecule has 4 amide bonds. The molecular weight excluding hydrogens is 332 g/mol. The van der Waals surface area contributed by atoms with Gasteiger partial charge in [0, 0.05) is 31.1 Å². The van der Waals surface area contributed by atoms with Crippen LogP contribution >= 0.6 is 11.6 Å². The zero-order chi connectivity index (χ0) is 18.1. The molecule has 0 aliphatic heterocycles. The molecule has 0 bridgehead atoms. The SMILES string of the molecule is CCC(=O)Nc1ccc(Cl)c(NC(=O)NCCNC(=O)C(C)C)c1. The maximum atomic E-state index is 11.9. The number of anilines is 2. The minimum atomic E-state index is -0.449. The Morgan fingerprint density at radius 2 is 1.75 bits per heavy atom. The summed E-state index contributed by atoms with van der Waals surface area (Å²) in [6, 6.07) is 4.37. The van der Waals surface area contributed by atoms with E-state index in [1.165, 1.54) is 0 Å². The van der Waals surface area contributed by atoms with E-state index in [1.54, 1.807) is 39.0 Å². The van der Waals surface area contributed by atoms with E-state index in [1.807, 2.05) is 0 Å². The molecule has 0 atom stereocenters. The van der Waals surface area contributed by atoms with Crippen molar-refractivity contribution in [1.29, 1.82) is 0 Å². The Kier molecular flexibility index (Phi) is 8.05. The van der Waals surface area contributed by atoms with Crippen molar-refractivity contribution in [2.75, 3.05) is 23.7 Å². The van der Waals surface area contributed by atoms with Gasteiger partial charge in [-0.25, -0.2) is 4.79 Å². The largest absolute Gasteiger partial charge is 0.354 e. The number of nitrogens with one attached hydrogen (secondary N) is 4. The van der Waals surface area contributed by atoms with Crippen LogP contribution in [0.25, 0.3) is 0 Å². The number of rotatable bonds is 7. The van der Waals surface area contributed by atoms with Gasteiger partial charge in [0.2, 0.25) is 11.8 Å². The molecule has 0 radical (unpaired) electrons. The van der Waals surface area contributed by atoms with E-state index in [-0.39, 0.29) is 24.3 Å². The Morgan fingerprint density at radius 3 is 2.38 bits per heavy atom. The van der Waals surface area contributed by atoms with Crippen LogP contribution in [0.2, 0.25) is 5.02 Å². The van der Waals surface area contributed by atoms with Crippen LogP contribution in [0.3, 0.4) is 0 Å². The molecule has 0 spiro atoms. The number of carbonyl (C=O) groups is 3. The summed E-state index contributed by atoms with van der Waals surface area (Å²) in [5, 5.41) is 11.0. The molecule has 1 aromatic carbocycles. The van der Waals surface area contributed by atoms with E-state index in [4.69, 9.17) is 11.6 Å². The van der Waals surface area contributed by atoms with E-state index in [2.05, 4.69) is 21.3 Å². The number of hydrogen-bond acceptors (Lipinski definition) is 3. The van der Waals surface area contributed by atoms with E-state index in [9.17, 15) is 14.4 Å². The van der Waals surface area contributed by atoms with Gasteiger partial charge in [0.15, 0.2) is 0 Å². The Balaban J connectivity index is 2.50. The number of hydrogen-bond donors (Lipinski definition) is 4. The lowest BCUT2D eigenvalue weighted by molar-refractivity contribution is -0.124. The van der Waals surface area contributed by atoms with Gasteiger partial charge in [0.1, 0.15) is 0 Å². The Bertz CT molecular complexity index is 605. The van der Waals surface area contributed by atoms with Gasteiger partial charge >= 0.3 is 6.03 Å². The van der Waals surface area contributed by atoms with Crippen molar-refractivity contribution in [3.8, 4) is 0 Å². The number of halogens is 1. The lowest BCUT2D eigenvalue weighted by Crippen LogP contribution is -2.38. The maximum absolute atomic E-state index is 11.9. The fraction of sp³-hybridized carbons (Fsp3) is 0.438. The van der Waals surface area contributed by atoms with Crippen molar-refractivity contribution in [1.82, 2.24) is 10.6 Å². The highest BCUT2D eigenvalue weighted by Gasteiger charge is 2.09. The molecule has 0 heterocycles. The minimum Gasteiger partial charge on any atom is -0.354 e. The summed E-state index contributed by atoms with van der Waals surface area (Å²) in [5.41, 5.74) is 0.931. The van der Waals surface area contributed by atoms with Crippen molar-refractivity contribution in [2.45, 2.75) is 27.2 Å². The van der Waals surface area contributed by atoms with E-state index >= 15 is 0 Å². The van der Waals surface area contributed by atoms with Gasteiger partial charge in [-0.3, -0.25) is 9.59 Å². The predicted octanol–water partition coefficient (Wildman–Crippen LogP) is 2.58. The quantitative estimate of drug-likeness (QED) is 0.566. The third-order valence-corrected chi connectivity index (χ3v) is 3.38. The topological polar surface area (TPSA) is 99.3 Å². The number of carbonyl (C=O) groups excluding carboxylic acids is 3. The second-order valence-electron chi connectivity index (χ2n) is 5.42. The van der Waals surface area contributed by atoms with Crippen molar-refractivity contribution in [3.05, 3.63) is 23.2 Å². The molecule has 0 saturated carbocycles. The minimum absolute atomic E-state index is 0.0698. The lowest BCUT2D eigenvalue weighted by Gasteiger charge is -2.12. The maximum Gasteiger partial charge on any atom is 0.319 e. The summed E-state index contributed by atoms with van der Waals surface area (Å²) in [6.07, 6.45) is 0.355. The van der Waals surface area contributed by atoms with E-state index < -0.39 is 6.03 Å². The van der Waals surface area contributed by atoms with Crippen LogP contribution in [0.15, 0.2) is 18.2 Å². The third kappa shape index (κ3) is 6.87. The van der Waals surface area contributed by atoms with Crippen LogP contribution < -0.4 is 21.3 Å². The smallest absolute Gasteiger partial charge is 0.319 e. The molecule has 1 rings (SSSR count). The lowest BCUT2D eigenvalue weighted by atomic mass is 10.2. The summed E-state index contributed by atoms with van der Waals surface area (Å²) in [5.74, 6) is -0.299. The number of urea groups is 1. The van der Waals surface area contributed by atoms with E-state index in [0.29, 0.717) is 29.4 Å². The molecule has 0 aliphatic carbocycles. The Hall–Kier alpha value is -2.28. The average Bonchev–Trinajstić information content (AvgIpc) is 2.54. The summed E-state index contributed by atoms with van der Waals surface area (Å²) in [6.45, 7) is 5.96. The molecular formula is C16H23ClN4O3. The first-order valence-corrected chi connectivity index (χ1v) is 8.13. The molecule has 0 aromatic heterocycles. The molecule has 0 unspecified atom stereocenters. The Morgan fingerprint density at radius 1 is 1.08 bits per heavy atom. The van der Waals surface area contributed by atoms with Crippen molar-refractivity contribution in [2.24, 2.45) is 5.92 Å². The van der Waals surface area contributed by atoms with Gasteiger partial charge in [-0.2, -0.15) is 0 Å². The first kappa shape index (κ1) is 19.8. The zero-order valence-corrected chi connectivity index (χ0v) is 14.8. The summed E-state index contributed by atoms with van der Waals surface area (Å²) < 4.78 is 0. The second kappa shape index (κ2) is 9.77. The molecule has 24 heavy (non-hydrogen) atoms. The number of benzene rings is 1. The molecule has 7 nitrogen and oxygen atoms in total. The summed E-state index contributed by atoms with van der Waals surface area (Å²) in [7, 11) is 0. The average molecular weight is 355 g/mol. The summed E-state index contributed by atoms with van der Waals surface area (Å²) in [4.78, 5) is 34.6. The Labute approximate surface area is 146 Å². The highest BCUT2D eigenvalue weighted by molar-refractivity contribution is 6.33. The van der Waals surface area contributed by atoms with Crippen LogP contribution in [0.5, 0.6) is 0 Å². The van der Waals surface area contributed by atoms with E-state index in [0.717, 1.165) is 0 Å². The fourth-order valence-electron chi connectivity index (χ4n) is 1.68. The van der Waals surface area contributed by atoms with Crippen LogP contribution in [0.4, 0.5) is 16.2 Å². The first-order valence-electron chi connectivity index (χ1n) is 7.75. The van der Waals surface area contributed by atoms with Crippen LogP contribution in [0.1, 0.15) is 27.2 Å². The predicted molar refractivity (Wildman–Crippen MR) is 95.2 cm³/mol. The zero-order valence-electron chi connectivity index (χ0n) is 14.0. The molecule has 1 aromatic rings. The van der Waals surface area contributed by atoms with Gasteiger partial charge in [0.25, 0.3) is 0 Å². The second-order valence-corrected chi connectivity index (χ2v) is 5.83. The van der Waals surface area contributed by atoms with Crippen molar-refractivity contribution >= 4 is 40.8 Å². The van der Waals surface area contributed by atoms with Gasteiger partial charge < -0.3 is 21.3 Å². The van der Waals surface area contributed by atoms with Gasteiger partial charge in [0.05, 0.1) is 10.7 Å². The van der Waals surface area contributed by atoms with Crippen molar-refractivity contribution < 1.29 is 14.4 Å². The standard InChI is InChI=1S/C16H23ClN4O3/c1-4-14(22)20-11-5-6-12(17)13(9-11)21-16(24)19-8-7-18-15(23)10(2)3/h5-6,9-10H,4,7-8H2,1-3H3,(H,18,23)(H,20,22)(H2,19,21,24). The number of amides is 4. The monoisotopic (exact) mass is 354 g/mol. The van der Waals surface area contributed by atoms with Crippen LogP contribution in [-0.4, -0.2) is 30.9 Å². The van der Waals surface area contributed by atoms with Gasteiger partial charge in [-0.1, -0.05) is 32.4 Å². The van der Waals surface area contributed by atoms with Crippen molar-refractivity contribution in [3.63, 3.8) is 0 Å². The van der Waals surface area contributed by atoms with Crippen LogP contribution in [-0.2, 0) is 9.59 Å². The highest BCUT2D eigenvalue weighted by atomic mass is 35.5. The van der Waals surface area contributed by atoms with Crippen LogP contribution in [0, 0.1) is 5.92 Å². The first-order chi connectivity index (χ1) is 11.3. The fourth-order valence-corrected chi connectivity index (χ4v) is 1.85. The molecule has 0 aliphatic rings. The molecule has 0 fully saturated rings. The highest BCUT2D eigenvalue weighted by Crippen LogP contribution is 2.25. The molecule has 4 N–H and O–H groups in total. The normalized spacial score (nSPS) is 10.2. The van der Waals surface area contributed by atoms with Gasteiger partial charge in [-0.15, -0.1) is 0 Å². The third-order valence-electron chi connectivity index (χ3n) is 3.05. The molecule has 8 heteroatoms.